The monoisotopic (exact) mass is 270 g/mol. The normalized spacial score (nSPS) is 10.6. The standard InChI is InChI=1S/C11H11ClN2S2/c1-7-14-9(5-15-7)6-16-11-4-8(13)2-3-10(11)12/h2-5H,6,13H2,1H3. The zero-order valence-electron chi connectivity index (χ0n) is 8.74. The number of aryl methyl sites for hydroxylation is 1. The van der Waals surface area contributed by atoms with Gasteiger partial charge in [-0.3, -0.25) is 0 Å². The highest BCUT2D eigenvalue weighted by molar-refractivity contribution is 7.98. The van der Waals surface area contributed by atoms with E-state index in [1.165, 1.54) is 0 Å². The Morgan fingerprint density at radius 3 is 3.00 bits per heavy atom. The Morgan fingerprint density at radius 2 is 2.31 bits per heavy atom. The van der Waals surface area contributed by atoms with E-state index >= 15 is 0 Å². The van der Waals surface area contributed by atoms with Crippen molar-refractivity contribution in [3.63, 3.8) is 0 Å². The van der Waals surface area contributed by atoms with Crippen molar-refractivity contribution >= 4 is 40.4 Å². The first-order valence-electron chi connectivity index (χ1n) is 4.74. The lowest BCUT2D eigenvalue weighted by Crippen LogP contribution is -1.86. The predicted molar refractivity (Wildman–Crippen MR) is 72.3 cm³/mol. The Bertz CT molecular complexity index is 496. The first-order chi connectivity index (χ1) is 7.65. The molecule has 2 nitrogen and oxygen atoms in total. The number of aromatic nitrogens is 1. The second kappa shape index (κ2) is 5.08. The van der Waals surface area contributed by atoms with Crippen molar-refractivity contribution < 1.29 is 0 Å². The van der Waals surface area contributed by atoms with Gasteiger partial charge in [0.15, 0.2) is 0 Å². The molecule has 0 amide bonds. The number of hydrogen-bond acceptors (Lipinski definition) is 4. The Kier molecular flexibility index (Phi) is 3.74. The average molecular weight is 271 g/mol. The second-order valence-electron chi connectivity index (χ2n) is 3.34. The van der Waals surface area contributed by atoms with E-state index in [4.69, 9.17) is 17.3 Å². The van der Waals surface area contributed by atoms with Crippen LogP contribution < -0.4 is 5.73 Å². The molecule has 0 aliphatic carbocycles. The number of thioether (sulfide) groups is 1. The molecule has 0 aliphatic rings. The van der Waals surface area contributed by atoms with Gasteiger partial charge in [0.25, 0.3) is 0 Å². The summed E-state index contributed by atoms with van der Waals surface area (Å²) in [7, 11) is 0. The lowest BCUT2D eigenvalue weighted by atomic mass is 10.3. The highest BCUT2D eigenvalue weighted by Crippen LogP contribution is 2.31. The fraction of sp³-hybridized carbons (Fsp3) is 0.182. The van der Waals surface area contributed by atoms with Crippen LogP contribution in [0.3, 0.4) is 0 Å². The predicted octanol–water partition coefficient (Wildman–Crippen LogP) is 3.98. The molecule has 84 valence electrons. The quantitative estimate of drug-likeness (QED) is 0.677. The Hall–Kier alpha value is -0.710. The van der Waals surface area contributed by atoms with E-state index < -0.39 is 0 Å². The van der Waals surface area contributed by atoms with Crippen molar-refractivity contribution in [2.75, 3.05) is 5.73 Å². The van der Waals surface area contributed by atoms with Gasteiger partial charge in [-0.1, -0.05) is 11.6 Å². The summed E-state index contributed by atoms with van der Waals surface area (Å²) in [6, 6.07) is 5.52. The third-order valence-electron chi connectivity index (χ3n) is 2.00. The number of anilines is 1. The van der Waals surface area contributed by atoms with Gasteiger partial charge in [0.2, 0.25) is 0 Å². The number of halogens is 1. The zero-order valence-corrected chi connectivity index (χ0v) is 11.1. The van der Waals surface area contributed by atoms with Gasteiger partial charge in [0, 0.05) is 21.7 Å². The van der Waals surface area contributed by atoms with Gasteiger partial charge in [-0.2, -0.15) is 0 Å². The van der Waals surface area contributed by atoms with E-state index in [2.05, 4.69) is 10.4 Å². The summed E-state index contributed by atoms with van der Waals surface area (Å²) in [5.41, 5.74) is 7.54. The minimum absolute atomic E-state index is 0.737. The Labute approximate surface area is 108 Å². The molecule has 0 unspecified atom stereocenters. The number of hydrogen-bond donors (Lipinski definition) is 1. The zero-order chi connectivity index (χ0) is 11.5. The third-order valence-corrected chi connectivity index (χ3v) is 4.35. The van der Waals surface area contributed by atoms with Crippen LogP contribution in [0.1, 0.15) is 10.7 Å². The summed E-state index contributed by atoms with van der Waals surface area (Å²) in [5, 5.41) is 3.91. The first kappa shape index (κ1) is 11.8. The van der Waals surface area contributed by atoms with E-state index in [1.807, 2.05) is 19.1 Å². The van der Waals surface area contributed by atoms with Crippen LogP contribution in [0.15, 0.2) is 28.5 Å². The third kappa shape index (κ3) is 2.90. The Morgan fingerprint density at radius 1 is 1.50 bits per heavy atom. The minimum atomic E-state index is 0.737. The molecule has 0 spiro atoms. The molecular formula is C11H11ClN2S2. The number of benzene rings is 1. The van der Waals surface area contributed by atoms with E-state index in [0.717, 1.165) is 32.1 Å². The molecule has 0 atom stereocenters. The number of nitrogens with zero attached hydrogens (tertiary/aromatic N) is 1. The molecule has 0 radical (unpaired) electrons. The van der Waals surface area contributed by atoms with E-state index in [0.29, 0.717) is 0 Å². The summed E-state index contributed by atoms with van der Waals surface area (Å²) in [6.07, 6.45) is 0. The summed E-state index contributed by atoms with van der Waals surface area (Å²) < 4.78 is 0. The molecule has 1 aromatic carbocycles. The molecule has 0 fully saturated rings. The SMILES string of the molecule is Cc1nc(CSc2cc(N)ccc2Cl)cs1. The van der Waals surface area contributed by atoms with Gasteiger partial charge in [-0.15, -0.1) is 23.1 Å². The van der Waals surface area contributed by atoms with Crippen LogP contribution in [0, 0.1) is 6.92 Å². The van der Waals surface area contributed by atoms with Crippen molar-refractivity contribution in [1.29, 1.82) is 0 Å². The maximum absolute atomic E-state index is 6.07. The molecule has 0 saturated heterocycles. The fourth-order valence-electron chi connectivity index (χ4n) is 1.26. The molecule has 2 rings (SSSR count). The lowest BCUT2D eigenvalue weighted by Gasteiger charge is -2.03. The molecule has 2 aromatic rings. The van der Waals surface area contributed by atoms with Crippen molar-refractivity contribution in [3.8, 4) is 0 Å². The van der Waals surface area contributed by atoms with Gasteiger partial charge in [-0.25, -0.2) is 4.98 Å². The van der Waals surface area contributed by atoms with Crippen LogP contribution in [0.2, 0.25) is 5.02 Å². The molecular weight excluding hydrogens is 260 g/mol. The maximum Gasteiger partial charge on any atom is 0.0897 e. The number of nitrogen functional groups attached to an aromatic ring is 1. The van der Waals surface area contributed by atoms with Crippen molar-refractivity contribution in [1.82, 2.24) is 4.98 Å². The van der Waals surface area contributed by atoms with E-state index in [-0.39, 0.29) is 0 Å². The van der Waals surface area contributed by atoms with Crippen LogP contribution in [0.5, 0.6) is 0 Å². The molecule has 0 saturated carbocycles. The maximum atomic E-state index is 6.07. The summed E-state index contributed by atoms with van der Waals surface area (Å²) in [4.78, 5) is 5.41. The van der Waals surface area contributed by atoms with Gasteiger partial charge in [-0.05, 0) is 25.1 Å². The topological polar surface area (TPSA) is 38.9 Å². The minimum Gasteiger partial charge on any atom is -0.399 e. The number of thiazole rings is 1. The van der Waals surface area contributed by atoms with Crippen molar-refractivity contribution in [3.05, 3.63) is 39.3 Å². The molecule has 0 aliphatic heterocycles. The van der Waals surface area contributed by atoms with Crippen LogP contribution >= 0.6 is 34.7 Å². The second-order valence-corrected chi connectivity index (χ2v) is 5.82. The van der Waals surface area contributed by atoms with Crippen LogP contribution in [-0.4, -0.2) is 4.98 Å². The largest absolute Gasteiger partial charge is 0.399 e. The summed E-state index contributed by atoms with van der Waals surface area (Å²) in [5.74, 6) is 0.827. The van der Waals surface area contributed by atoms with Gasteiger partial charge in [0.05, 0.1) is 15.7 Å². The van der Waals surface area contributed by atoms with Crippen LogP contribution in [-0.2, 0) is 5.75 Å². The van der Waals surface area contributed by atoms with Gasteiger partial charge in [0.1, 0.15) is 0 Å². The summed E-state index contributed by atoms with van der Waals surface area (Å²) >= 11 is 9.40. The summed E-state index contributed by atoms with van der Waals surface area (Å²) in [6.45, 7) is 2.01. The fourth-order valence-corrected chi connectivity index (χ4v) is 3.13. The number of rotatable bonds is 3. The molecule has 1 aromatic heterocycles. The van der Waals surface area contributed by atoms with E-state index in [1.54, 1.807) is 29.2 Å². The van der Waals surface area contributed by atoms with E-state index in [9.17, 15) is 0 Å². The van der Waals surface area contributed by atoms with Crippen LogP contribution in [0.4, 0.5) is 5.69 Å². The molecule has 0 bridgehead atoms. The van der Waals surface area contributed by atoms with Gasteiger partial charge >= 0.3 is 0 Å². The number of nitrogens with two attached hydrogens (primary N) is 1. The Balaban J connectivity index is 2.07. The molecule has 5 heteroatoms. The first-order valence-corrected chi connectivity index (χ1v) is 6.98. The molecule has 1 heterocycles. The average Bonchev–Trinajstić information content (AvgIpc) is 2.66. The highest BCUT2D eigenvalue weighted by atomic mass is 35.5. The highest BCUT2D eigenvalue weighted by Gasteiger charge is 2.04. The molecule has 2 N–H and O–H groups in total. The van der Waals surface area contributed by atoms with Gasteiger partial charge < -0.3 is 5.73 Å². The smallest absolute Gasteiger partial charge is 0.0897 e. The molecule has 16 heavy (non-hydrogen) atoms. The van der Waals surface area contributed by atoms with Crippen LogP contribution in [0.25, 0.3) is 0 Å². The van der Waals surface area contributed by atoms with Crippen molar-refractivity contribution in [2.24, 2.45) is 0 Å². The lowest BCUT2D eigenvalue weighted by molar-refractivity contribution is 1.18. The van der Waals surface area contributed by atoms with Crippen molar-refractivity contribution in [2.45, 2.75) is 17.6 Å².